The van der Waals surface area contributed by atoms with Gasteiger partial charge in [0.25, 0.3) is 5.91 Å². The highest BCUT2D eigenvalue weighted by Gasteiger charge is 2.41. The smallest absolute Gasteiger partial charge is 0.326 e. The van der Waals surface area contributed by atoms with Crippen LogP contribution in [0.3, 0.4) is 0 Å². The predicted molar refractivity (Wildman–Crippen MR) is 534 cm³/mol. The van der Waals surface area contributed by atoms with Gasteiger partial charge in [-0.05, 0) is 201 Å². The van der Waals surface area contributed by atoms with Gasteiger partial charge in [-0.3, -0.25) is 38.4 Å². The van der Waals surface area contributed by atoms with Crippen LogP contribution in [0.2, 0.25) is 0 Å². The minimum atomic E-state index is -3.42. The van der Waals surface area contributed by atoms with Gasteiger partial charge in [-0.25, -0.2) is 18.0 Å². The summed E-state index contributed by atoms with van der Waals surface area (Å²) < 4.78 is 59.7. The average Bonchev–Trinajstić information content (AvgIpc) is 1.69. The topological polar surface area (TPSA) is 463 Å². The first-order valence-electron chi connectivity index (χ1n) is 49.8. The van der Waals surface area contributed by atoms with Crippen molar-refractivity contribution in [3.8, 4) is 0 Å². The number of hydrogen-bond acceptors (Lipinski definition) is 27. The number of aromatic nitrogens is 5. The molecule has 5 aliphatic heterocycles. The Morgan fingerprint density at radius 2 is 0.825 bits per heavy atom. The number of carbonyl (C=O) groups excluding carboxylic acids is 7. The van der Waals surface area contributed by atoms with E-state index in [1.807, 2.05) is 95.2 Å². The fourth-order valence-corrected chi connectivity index (χ4v) is 14.9. The number of hydrogen-bond donors (Lipinski definition) is 5. The third-order valence-electron chi connectivity index (χ3n) is 22.0. The van der Waals surface area contributed by atoms with Crippen LogP contribution in [0.1, 0.15) is 426 Å². The van der Waals surface area contributed by atoms with Crippen LogP contribution in [0.4, 0.5) is 0 Å². The number of ether oxygens (including phenoxy) is 2. The molecule has 5 aromatic heterocycles. The number of carboxylic acids is 3. The molecule has 0 spiro atoms. The number of Topliss-reactive ketones (excluding diaryl/α,β-unsaturated/α-hetero) is 4. The normalized spacial score (nSPS) is 16.7. The molecule has 0 aliphatic carbocycles. The van der Waals surface area contributed by atoms with E-state index in [0.717, 1.165) is 129 Å². The molecule has 0 bridgehead atoms. The van der Waals surface area contributed by atoms with Crippen LogP contribution < -0.4 is 5.32 Å². The van der Waals surface area contributed by atoms with E-state index in [1.54, 1.807) is 50.8 Å². The molecule has 5 fully saturated rings. The summed E-state index contributed by atoms with van der Waals surface area (Å²) >= 11 is 0. The molecule has 137 heavy (non-hydrogen) atoms. The first-order valence-corrected chi connectivity index (χ1v) is 51.3. The lowest BCUT2D eigenvalue weighted by Gasteiger charge is -2.24. The number of unbranched alkanes of at least 4 members (excludes halogenated alkanes) is 3. The number of sulfonamides is 1. The Morgan fingerprint density at radius 3 is 1.12 bits per heavy atom. The average molecular weight is 1960 g/mol. The Morgan fingerprint density at radius 1 is 0.445 bits per heavy atom. The largest absolute Gasteiger partial charge is 0.480 e. The summed E-state index contributed by atoms with van der Waals surface area (Å²) in [6.45, 7) is 70.0. The maximum atomic E-state index is 12.1. The summed E-state index contributed by atoms with van der Waals surface area (Å²) in [4.78, 5) is 119. The number of nitrogens with one attached hydrogen (secondary N) is 1. The van der Waals surface area contributed by atoms with Crippen LogP contribution in [0, 0.1) is 17.8 Å². The van der Waals surface area contributed by atoms with E-state index in [1.165, 1.54) is 49.3 Å². The van der Waals surface area contributed by atoms with E-state index in [-0.39, 0.29) is 71.2 Å². The molecule has 10 heterocycles. The van der Waals surface area contributed by atoms with E-state index >= 15 is 0 Å². The third-order valence-corrected chi connectivity index (χ3v) is 24.3. The van der Waals surface area contributed by atoms with Gasteiger partial charge in [0.1, 0.15) is 35.4 Å². The number of aryl methyl sites for hydroxylation is 2. The highest BCUT2D eigenvalue weighted by molar-refractivity contribution is 7.89. The fourth-order valence-electron chi connectivity index (χ4n) is 13.4. The number of likely N-dealkylation sites (tertiary alicyclic amines) is 4. The first-order chi connectivity index (χ1) is 64.0. The zero-order valence-electron chi connectivity index (χ0n) is 89.4. The van der Waals surface area contributed by atoms with E-state index in [4.69, 9.17) is 52.5 Å². The van der Waals surface area contributed by atoms with Gasteiger partial charge < -0.3 is 77.4 Å². The number of carboxylic acid groups (broad SMARTS) is 3. The van der Waals surface area contributed by atoms with Crippen LogP contribution in [0.5, 0.6) is 0 Å². The zero-order valence-corrected chi connectivity index (χ0v) is 90.2. The number of carbonyl (C=O) groups is 10. The Balaban J connectivity index is 0. The summed E-state index contributed by atoms with van der Waals surface area (Å²) in [5.74, 6) is 2.22. The highest BCUT2D eigenvalue weighted by Crippen LogP contribution is 2.28. The highest BCUT2D eigenvalue weighted by atomic mass is 32.2. The SMILES string of the molecule is CC(=O)C1CCN(C(C)C)C1.CC(=O)[C@H]1CCCN1C(=O)C(C)C.CC(=O)c1cc(C(C)C)no1.CC(=O)c1cc(C(C)C)no1.CC(C)CC(=O)N1CCC[C@@H]1C(=O)O.CC(C)OCCCCO.CC(C)S(=O)(=O)N1CCC[C@@H]1C(=O)O.CC(C)c1cc(C(=O)N2CCC[C@@H]2C(=O)O)on1.CCCCCOC(C)C.CCCNC(C)C.CCc1cc(C(C)C)no1.CCc1cc(C(C)C)no1. The van der Waals surface area contributed by atoms with E-state index in [0.29, 0.717) is 135 Å². The molecule has 5 N–H and O–H groups in total. The van der Waals surface area contributed by atoms with Gasteiger partial charge >= 0.3 is 17.9 Å². The van der Waals surface area contributed by atoms with Gasteiger partial charge in [0.2, 0.25) is 39.1 Å². The molecule has 1 unspecified atom stereocenters. The molecular formula is C102H179N11O23S. The van der Waals surface area contributed by atoms with Crippen molar-refractivity contribution in [3.63, 3.8) is 0 Å². The Hall–Kier alpha value is -8.74. The van der Waals surface area contributed by atoms with Crippen molar-refractivity contribution in [2.45, 2.75) is 420 Å². The molecule has 0 aromatic carbocycles. The summed E-state index contributed by atoms with van der Waals surface area (Å²) in [6, 6.07) is 7.92. The maximum Gasteiger partial charge on any atom is 0.326 e. The minimum Gasteiger partial charge on any atom is -0.480 e. The second-order valence-corrected chi connectivity index (χ2v) is 40.9. The molecule has 5 aromatic rings. The van der Waals surface area contributed by atoms with Crippen molar-refractivity contribution in [3.05, 3.63) is 87.6 Å². The third kappa shape index (κ3) is 53.5. The van der Waals surface area contributed by atoms with E-state index < -0.39 is 51.3 Å². The summed E-state index contributed by atoms with van der Waals surface area (Å²) in [7, 11) is -3.42. The summed E-state index contributed by atoms with van der Waals surface area (Å²) in [6.07, 6.45) is 16.4. The lowest BCUT2D eigenvalue weighted by Crippen LogP contribution is -2.43. The van der Waals surface area contributed by atoms with Crippen LogP contribution in [0.25, 0.3) is 0 Å². The first kappa shape index (κ1) is 130. The molecule has 10 rings (SSSR count). The molecule has 5 aliphatic rings. The molecule has 5 atom stereocenters. The molecule has 3 amide bonds. The number of rotatable bonds is 34. The van der Waals surface area contributed by atoms with Crippen molar-refractivity contribution in [1.29, 1.82) is 0 Å². The van der Waals surface area contributed by atoms with Crippen LogP contribution in [0.15, 0.2) is 52.9 Å². The number of aliphatic carboxylic acids is 3. The number of ketones is 4. The van der Waals surface area contributed by atoms with Gasteiger partial charge in [0.15, 0.2) is 17.3 Å². The second kappa shape index (κ2) is 70.8. The molecule has 0 radical (unpaired) electrons. The number of amides is 3. The standard InChI is InChI=1S/C12H16N2O4.C10H17NO3.C10H17NO2.C9H17NO.C8H15NO4S.2C8H11NO2.2C8H13NO.C8H18O.C7H16O2.C6H15N/c1-7(2)8-6-10(18-13-8)11(15)14-5-3-4-9(14)12(16)17;1-7(2)6-9(12)11-5-3-4-8(11)10(13)14;1-7(2)10(13)11-6-4-5-9(11)8(3)12;1-7(2)10-5-4-9(6-10)8(3)11;1-6(2)14(12,13)9-5-3-4-7(9)8(10)11;2*1-5(2)7-4-8(6(3)10)11-9-7;2*1-4-7-5-8(6(2)3)9-10-7;1-4-5-6-7-9-8(2)3;1-7(2)9-6-4-3-5-8;1-4-5-7-6(2)3/h6-7,9H,3-5H2,1-2H3,(H,16,17);7-8H,3-6H2,1-2H3,(H,13,14);7,9H,4-6H2,1-3H3;7,9H,4-6H2,1-3H3;6-7H,3-5H2,1-2H3,(H,10,11);2*4-5H,1-3H3;2*5-6H,4H2,1-3H3;8H,4-7H2,1-3H3;7-8H,3-6H2,1-2H3;6-7H,4-5H2,1-3H3/t9-;8-;9-;;7-;;;;;;;/m111.1......./s1. The molecule has 34 nitrogen and oxygen atoms in total. The number of nitrogens with zero attached hydrogens (tertiary/aromatic N) is 10. The van der Waals surface area contributed by atoms with Gasteiger partial charge in [-0.2, -0.15) is 4.31 Å². The Labute approximate surface area is 819 Å². The van der Waals surface area contributed by atoms with E-state index in [9.17, 15) is 56.4 Å². The molecular weight excluding hydrogens is 1780 g/mol. The van der Waals surface area contributed by atoms with Gasteiger partial charge in [-0.1, -0.05) is 177 Å². The van der Waals surface area contributed by atoms with Crippen LogP contribution in [-0.4, -0.2) is 257 Å². The summed E-state index contributed by atoms with van der Waals surface area (Å²) in [5, 5.41) is 57.0. The quantitative estimate of drug-likeness (QED) is 0.0189. The molecule has 5 saturated heterocycles. The van der Waals surface area contributed by atoms with Crippen LogP contribution >= 0.6 is 0 Å². The van der Waals surface area contributed by atoms with Crippen molar-refractivity contribution < 1.29 is 109 Å². The van der Waals surface area contributed by atoms with Crippen molar-refractivity contribution in [2.75, 3.05) is 65.6 Å². The zero-order chi connectivity index (χ0) is 105. The Bertz CT molecular complexity index is 4190. The van der Waals surface area contributed by atoms with Crippen LogP contribution in [-0.2, 0) is 65.9 Å². The van der Waals surface area contributed by atoms with Crippen molar-refractivity contribution in [2.24, 2.45) is 17.8 Å². The second-order valence-electron chi connectivity index (χ2n) is 38.5. The number of aliphatic hydroxyl groups excluding tert-OH is 1. The molecule has 786 valence electrons. The molecule has 35 heteroatoms. The summed E-state index contributed by atoms with van der Waals surface area (Å²) in [5.41, 5.74) is 4.46. The maximum absolute atomic E-state index is 12.1. The Kier molecular flexibility index (Phi) is 67.4. The fraction of sp³-hybridized carbons (Fsp3) is 0.755. The van der Waals surface area contributed by atoms with Gasteiger partial charge in [-0.15, -0.1) is 0 Å². The lowest BCUT2D eigenvalue weighted by molar-refractivity contribution is -0.148. The van der Waals surface area contributed by atoms with Crippen molar-refractivity contribution in [1.82, 2.24) is 55.0 Å². The number of aliphatic hydroxyl groups is 1. The lowest BCUT2D eigenvalue weighted by atomic mass is 10.1. The molecule has 0 saturated carbocycles. The van der Waals surface area contributed by atoms with Gasteiger partial charge in [0, 0.05) is 140 Å². The van der Waals surface area contributed by atoms with E-state index in [2.05, 4.69) is 133 Å². The van der Waals surface area contributed by atoms with Gasteiger partial charge in [0.05, 0.1) is 52.0 Å². The van der Waals surface area contributed by atoms with Crippen molar-refractivity contribution >= 4 is 68.8 Å². The predicted octanol–water partition coefficient (Wildman–Crippen LogP) is 19.3. The monoisotopic (exact) mass is 1960 g/mol. The minimum absolute atomic E-state index is 0.0000463.